The molecule has 0 bridgehead atoms. The SMILES string of the molecule is Cc1c(C(=O)NC2CCNCC2)nnn1-c1ccc2c(c1)OCCO2. The molecule has 1 aromatic heterocycles. The quantitative estimate of drug-likeness (QED) is 0.858. The number of carbonyl (C=O) groups is 1. The van der Waals surface area contributed by atoms with Crippen molar-refractivity contribution in [1.82, 2.24) is 25.6 Å². The van der Waals surface area contributed by atoms with Gasteiger partial charge in [-0.2, -0.15) is 0 Å². The molecule has 0 unspecified atom stereocenters. The smallest absolute Gasteiger partial charge is 0.273 e. The van der Waals surface area contributed by atoms with Gasteiger partial charge in [0.2, 0.25) is 0 Å². The van der Waals surface area contributed by atoms with E-state index >= 15 is 0 Å². The van der Waals surface area contributed by atoms with Crippen molar-refractivity contribution in [2.45, 2.75) is 25.8 Å². The maximum atomic E-state index is 12.5. The number of rotatable bonds is 3. The Morgan fingerprint density at radius 2 is 2.00 bits per heavy atom. The van der Waals surface area contributed by atoms with Crippen LogP contribution >= 0.6 is 0 Å². The molecule has 0 atom stereocenters. The molecule has 132 valence electrons. The Hall–Kier alpha value is -2.61. The number of carbonyl (C=O) groups excluding carboxylic acids is 1. The summed E-state index contributed by atoms with van der Waals surface area (Å²) in [6, 6.07) is 5.77. The van der Waals surface area contributed by atoms with Crippen molar-refractivity contribution in [2.24, 2.45) is 0 Å². The van der Waals surface area contributed by atoms with Gasteiger partial charge in [-0.15, -0.1) is 5.10 Å². The molecule has 2 aliphatic heterocycles. The minimum atomic E-state index is -0.173. The maximum Gasteiger partial charge on any atom is 0.273 e. The van der Waals surface area contributed by atoms with Gasteiger partial charge in [-0.1, -0.05) is 5.21 Å². The number of piperidine rings is 1. The van der Waals surface area contributed by atoms with Crippen LogP contribution < -0.4 is 20.1 Å². The highest BCUT2D eigenvalue weighted by Gasteiger charge is 2.22. The lowest BCUT2D eigenvalue weighted by molar-refractivity contribution is 0.0923. The maximum absolute atomic E-state index is 12.5. The van der Waals surface area contributed by atoms with Crippen LogP contribution in [0.25, 0.3) is 5.69 Å². The summed E-state index contributed by atoms with van der Waals surface area (Å²) >= 11 is 0. The van der Waals surface area contributed by atoms with Crippen molar-refractivity contribution in [3.63, 3.8) is 0 Å². The average Bonchev–Trinajstić information content (AvgIpc) is 3.04. The minimum Gasteiger partial charge on any atom is -0.486 e. The van der Waals surface area contributed by atoms with E-state index in [2.05, 4.69) is 20.9 Å². The Balaban J connectivity index is 1.55. The minimum absolute atomic E-state index is 0.173. The molecule has 0 radical (unpaired) electrons. The van der Waals surface area contributed by atoms with Gasteiger partial charge in [0.25, 0.3) is 5.91 Å². The molecular formula is C17H21N5O3. The van der Waals surface area contributed by atoms with Crippen LogP contribution in [0.3, 0.4) is 0 Å². The second kappa shape index (κ2) is 6.72. The molecule has 1 saturated heterocycles. The molecule has 25 heavy (non-hydrogen) atoms. The highest BCUT2D eigenvalue weighted by atomic mass is 16.6. The van der Waals surface area contributed by atoms with Crippen molar-refractivity contribution >= 4 is 5.91 Å². The van der Waals surface area contributed by atoms with E-state index in [1.165, 1.54) is 0 Å². The van der Waals surface area contributed by atoms with E-state index < -0.39 is 0 Å². The van der Waals surface area contributed by atoms with Gasteiger partial charge in [-0.3, -0.25) is 4.79 Å². The van der Waals surface area contributed by atoms with Gasteiger partial charge >= 0.3 is 0 Å². The monoisotopic (exact) mass is 343 g/mol. The highest BCUT2D eigenvalue weighted by molar-refractivity contribution is 5.93. The summed E-state index contributed by atoms with van der Waals surface area (Å²) in [7, 11) is 0. The molecule has 8 heteroatoms. The Kier molecular flexibility index (Phi) is 4.27. The summed E-state index contributed by atoms with van der Waals surface area (Å²) in [5, 5.41) is 14.6. The number of nitrogens with one attached hydrogen (secondary N) is 2. The van der Waals surface area contributed by atoms with E-state index in [0.717, 1.165) is 37.4 Å². The Labute approximate surface area is 145 Å². The number of nitrogens with zero attached hydrogens (tertiary/aromatic N) is 3. The molecule has 2 aromatic rings. The molecule has 2 N–H and O–H groups in total. The highest BCUT2D eigenvalue weighted by Crippen LogP contribution is 2.32. The predicted octanol–water partition coefficient (Wildman–Crippen LogP) is 0.829. The normalized spacial score (nSPS) is 17.3. The van der Waals surface area contributed by atoms with Crippen molar-refractivity contribution in [2.75, 3.05) is 26.3 Å². The van der Waals surface area contributed by atoms with Crippen LogP contribution in [0.4, 0.5) is 0 Å². The van der Waals surface area contributed by atoms with Crippen molar-refractivity contribution in [3.05, 3.63) is 29.6 Å². The van der Waals surface area contributed by atoms with Crippen LogP contribution in [0.2, 0.25) is 0 Å². The first-order valence-electron chi connectivity index (χ1n) is 8.56. The summed E-state index contributed by atoms with van der Waals surface area (Å²) in [6.07, 6.45) is 1.86. The zero-order chi connectivity index (χ0) is 17.2. The lowest BCUT2D eigenvalue weighted by Crippen LogP contribution is -2.43. The number of ether oxygens (including phenoxy) is 2. The van der Waals surface area contributed by atoms with Crippen LogP contribution in [0, 0.1) is 6.92 Å². The molecule has 1 amide bonds. The van der Waals surface area contributed by atoms with E-state index in [0.29, 0.717) is 30.4 Å². The van der Waals surface area contributed by atoms with E-state index in [1.54, 1.807) is 4.68 Å². The second-order valence-corrected chi connectivity index (χ2v) is 6.26. The fraction of sp³-hybridized carbons (Fsp3) is 0.471. The van der Waals surface area contributed by atoms with Crippen molar-refractivity contribution in [1.29, 1.82) is 0 Å². The molecular weight excluding hydrogens is 322 g/mol. The summed E-state index contributed by atoms with van der Waals surface area (Å²) < 4.78 is 12.8. The van der Waals surface area contributed by atoms with E-state index in [1.807, 2.05) is 25.1 Å². The van der Waals surface area contributed by atoms with E-state index in [9.17, 15) is 4.79 Å². The number of fused-ring (bicyclic) bond motifs is 1. The summed E-state index contributed by atoms with van der Waals surface area (Å²) in [4.78, 5) is 12.5. The molecule has 3 heterocycles. The number of aromatic nitrogens is 3. The van der Waals surface area contributed by atoms with Crippen LogP contribution in [0.1, 0.15) is 29.0 Å². The molecule has 1 aromatic carbocycles. The number of amides is 1. The lowest BCUT2D eigenvalue weighted by atomic mass is 10.1. The summed E-state index contributed by atoms with van der Waals surface area (Å²) in [6.45, 7) is 4.77. The standard InChI is InChI=1S/C17H21N5O3/c1-11-16(17(23)19-12-4-6-18-7-5-12)20-21-22(11)13-2-3-14-15(10-13)25-9-8-24-14/h2-3,10,12,18H,4-9H2,1H3,(H,19,23). The van der Waals surface area contributed by atoms with Crippen molar-refractivity contribution in [3.8, 4) is 17.2 Å². The fourth-order valence-electron chi connectivity index (χ4n) is 3.17. The molecule has 0 saturated carbocycles. The molecule has 8 nitrogen and oxygen atoms in total. The van der Waals surface area contributed by atoms with Gasteiger partial charge in [0.15, 0.2) is 17.2 Å². The Bertz CT molecular complexity index is 783. The lowest BCUT2D eigenvalue weighted by Gasteiger charge is -2.23. The first-order chi connectivity index (χ1) is 12.2. The summed E-state index contributed by atoms with van der Waals surface area (Å²) in [5.41, 5.74) is 1.84. The molecule has 4 rings (SSSR count). The average molecular weight is 343 g/mol. The van der Waals surface area contributed by atoms with Crippen LogP contribution in [0.15, 0.2) is 18.2 Å². The third-order valence-corrected chi connectivity index (χ3v) is 4.55. The van der Waals surface area contributed by atoms with Gasteiger partial charge in [0.1, 0.15) is 13.2 Å². The first kappa shape index (κ1) is 15.9. The van der Waals surface area contributed by atoms with Gasteiger partial charge in [0, 0.05) is 12.1 Å². The number of hydrogen-bond donors (Lipinski definition) is 2. The van der Waals surface area contributed by atoms with E-state index in [-0.39, 0.29) is 11.9 Å². The van der Waals surface area contributed by atoms with Gasteiger partial charge in [-0.05, 0) is 45.0 Å². The van der Waals surface area contributed by atoms with Crippen LogP contribution in [0.5, 0.6) is 11.5 Å². The number of hydrogen-bond acceptors (Lipinski definition) is 6. The van der Waals surface area contributed by atoms with Gasteiger partial charge < -0.3 is 20.1 Å². The summed E-state index contributed by atoms with van der Waals surface area (Å²) in [5.74, 6) is 1.23. The van der Waals surface area contributed by atoms with Crippen LogP contribution in [-0.2, 0) is 0 Å². The van der Waals surface area contributed by atoms with Gasteiger partial charge in [-0.25, -0.2) is 4.68 Å². The Morgan fingerprint density at radius 3 is 2.80 bits per heavy atom. The first-order valence-corrected chi connectivity index (χ1v) is 8.56. The molecule has 2 aliphatic rings. The zero-order valence-electron chi connectivity index (χ0n) is 14.1. The largest absolute Gasteiger partial charge is 0.486 e. The predicted molar refractivity (Wildman–Crippen MR) is 90.4 cm³/mol. The molecule has 0 spiro atoms. The fourth-order valence-corrected chi connectivity index (χ4v) is 3.17. The van der Waals surface area contributed by atoms with E-state index in [4.69, 9.17) is 9.47 Å². The van der Waals surface area contributed by atoms with Crippen LogP contribution in [-0.4, -0.2) is 53.2 Å². The topological polar surface area (TPSA) is 90.3 Å². The third-order valence-electron chi connectivity index (χ3n) is 4.55. The van der Waals surface area contributed by atoms with Crippen molar-refractivity contribution < 1.29 is 14.3 Å². The third kappa shape index (κ3) is 3.17. The van der Waals surface area contributed by atoms with Gasteiger partial charge in [0.05, 0.1) is 11.4 Å². The second-order valence-electron chi connectivity index (χ2n) is 6.26. The number of benzene rings is 1. The molecule has 1 fully saturated rings. The Morgan fingerprint density at radius 1 is 1.24 bits per heavy atom. The molecule has 0 aliphatic carbocycles. The zero-order valence-corrected chi connectivity index (χ0v) is 14.1.